The van der Waals surface area contributed by atoms with Crippen molar-refractivity contribution in [3.63, 3.8) is 0 Å². The van der Waals surface area contributed by atoms with E-state index in [0.29, 0.717) is 11.3 Å². The summed E-state index contributed by atoms with van der Waals surface area (Å²) in [6.07, 6.45) is 0. The maximum atomic E-state index is 9.88. The number of hydrogen-bond acceptors (Lipinski definition) is 1. The fourth-order valence-electron chi connectivity index (χ4n) is 12.4. The third-order valence-corrected chi connectivity index (χ3v) is 16.1. The Labute approximate surface area is 463 Å². The molecule has 0 aliphatic heterocycles. The first-order chi connectivity index (χ1) is 39.6. The smallest absolute Gasteiger partial charge is 0.188 e. The number of para-hydroxylation sites is 2. The number of hydrogen-bond donors (Lipinski definition) is 0. The predicted molar refractivity (Wildman–Crippen MR) is 334 cm³/mol. The molecule has 0 aliphatic rings. The van der Waals surface area contributed by atoms with E-state index in [0.717, 1.165) is 99.5 Å². The Balaban J connectivity index is 0.823. The van der Waals surface area contributed by atoms with E-state index in [1.54, 1.807) is 0 Å². The Morgan fingerprint density at radius 3 is 1.00 bits per heavy atom. The molecule has 0 bridgehead atoms. The largest absolute Gasteiger partial charge is 0.309 e. The molecule has 13 aromatic carbocycles. The number of fused-ring (bicyclic) bond motifs is 8. The van der Waals surface area contributed by atoms with E-state index in [9.17, 15) is 5.26 Å². The van der Waals surface area contributed by atoms with Gasteiger partial charge < -0.3 is 9.13 Å². The maximum Gasteiger partial charge on any atom is 0.188 e. The van der Waals surface area contributed by atoms with Gasteiger partial charge in [-0.2, -0.15) is 5.26 Å². The topological polar surface area (TPSA) is 38.0 Å². The van der Waals surface area contributed by atoms with Gasteiger partial charge in [0.2, 0.25) is 0 Å². The summed E-state index contributed by atoms with van der Waals surface area (Å²) >= 11 is 0. The summed E-state index contributed by atoms with van der Waals surface area (Å²) in [6.45, 7) is 7.78. The molecular formula is C76H46N4. The Morgan fingerprint density at radius 2 is 0.600 bits per heavy atom. The van der Waals surface area contributed by atoms with Crippen LogP contribution < -0.4 is 0 Å². The predicted octanol–water partition coefficient (Wildman–Crippen LogP) is 20.6. The molecule has 0 N–H and O–H groups in total. The van der Waals surface area contributed by atoms with Crippen molar-refractivity contribution in [2.75, 3.05) is 0 Å². The summed E-state index contributed by atoms with van der Waals surface area (Å²) in [6, 6.07) is 102. The minimum Gasteiger partial charge on any atom is -0.309 e. The number of rotatable bonds is 8. The molecule has 15 aromatic rings. The monoisotopic (exact) mass is 1010 g/mol. The second kappa shape index (κ2) is 18.9. The maximum absolute atomic E-state index is 9.88. The first-order valence-corrected chi connectivity index (χ1v) is 27.0. The average Bonchev–Trinajstić information content (AvgIpc) is 4.06. The van der Waals surface area contributed by atoms with Crippen LogP contribution in [-0.2, 0) is 0 Å². The van der Waals surface area contributed by atoms with Crippen molar-refractivity contribution in [2.24, 2.45) is 0 Å². The number of aromatic nitrogens is 2. The minimum atomic E-state index is 0.634. The molecule has 0 spiro atoms. The molecule has 0 aliphatic carbocycles. The van der Waals surface area contributed by atoms with Gasteiger partial charge in [-0.15, -0.1) is 0 Å². The van der Waals surface area contributed by atoms with Crippen molar-refractivity contribution in [3.05, 3.63) is 296 Å². The Hall–Kier alpha value is -11.0. The third kappa shape index (κ3) is 7.66. The van der Waals surface area contributed by atoms with Crippen LogP contribution >= 0.6 is 0 Å². The zero-order valence-corrected chi connectivity index (χ0v) is 43.3. The fourth-order valence-corrected chi connectivity index (χ4v) is 12.4. The van der Waals surface area contributed by atoms with E-state index in [2.05, 4.69) is 263 Å². The van der Waals surface area contributed by atoms with E-state index < -0.39 is 0 Å². The Bertz CT molecular complexity index is 4700. The van der Waals surface area contributed by atoms with Crippen LogP contribution in [0.25, 0.3) is 148 Å². The first kappa shape index (κ1) is 46.3. The second-order valence-electron chi connectivity index (χ2n) is 20.6. The molecule has 4 heteroatoms. The highest BCUT2D eigenvalue weighted by molar-refractivity contribution is 6.23. The van der Waals surface area contributed by atoms with Gasteiger partial charge in [0.15, 0.2) is 5.69 Å². The molecule has 2 heterocycles. The lowest BCUT2D eigenvalue weighted by Crippen LogP contribution is -1.93. The second-order valence-corrected chi connectivity index (χ2v) is 20.6. The van der Waals surface area contributed by atoms with Crippen LogP contribution in [0.2, 0.25) is 0 Å². The van der Waals surface area contributed by atoms with Gasteiger partial charge in [0.05, 0.1) is 40.3 Å². The Morgan fingerprint density at radius 1 is 0.275 bits per heavy atom. The summed E-state index contributed by atoms with van der Waals surface area (Å²) in [7, 11) is 0. The molecule has 15 rings (SSSR count). The zero-order valence-electron chi connectivity index (χ0n) is 43.3. The van der Waals surface area contributed by atoms with Crippen molar-refractivity contribution in [1.29, 1.82) is 5.26 Å². The van der Waals surface area contributed by atoms with Crippen LogP contribution in [0, 0.1) is 17.9 Å². The van der Waals surface area contributed by atoms with Gasteiger partial charge in [0.1, 0.15) is 0 Å². The lowest BCUT2D eigenvalue weighted by atomic mass is 9.84. The summed E-state index contributed by atoms with van der Waals surface area (Å²) in [4.78, 5) is 3.79. The van der Waals surface area contributed by atoms with Crippen LogP contribution in [0.5, 0.6) is 0 Å². The molecule has 0 saturated carbocycles. The van der Waals surface area contributed by atoms with Crippen LogP contribution in [0.1, 0.15) is 5.56 Å². The van der Waals surface area contributed by atoms with Crippen molar-refractivity contribution >= 4 is 70.8 Å². The average molecular weight is 1020 g/mol. The standard InChI is InChI=1S/C76H46N4/c1-78-60-35-41-74-68(47-60)67-44-59(34-40-73(67)80(74)62-20-12-5-13-21-62)53-29-25-51(26-30-53)57-32-37-64-70(46-57)76(55-16-8-3-9-17-55)63-36-31-56(45-69(63)75(64)54-14-6-2-7-15-54)50-23-27-52(28-24-50)58-33-39-72-66(43-58)65-42-49(48-77)22-38-71(65)79(72)61-18-10-4-11-19-61/h2-47H. The third-order valence-electron chi connectivity index (χ3n) is 16.1. The molecule has 4 nitrogen and oxygen atoms in total. The van der Waals surface area contributed by atoms with Gasteiger partial charge in [-0.25, -0.2) is 4.85 Å². The lowest BCUT2D eigenvalue weighted by molar-refractivity contribution is 1.18. The summed E-state index contributed by atoms with van der Waals surface area (Å²) in [5.74, 6) is 0. The Kier molecular flexibility index (Phi) is 10.9. The summed E-state index contributed by atoms with van der Waals surface area (Å²) in [5.41, 5.74) is 21.7. The highest BCUT2D eigenvalue weighted by Crippen LogP contribution is 2.47. The van der Waals surface area contributed by atoms with Gasteiger partial charge in [-0.05, 0) is 185 Å². The number of benzene rings is 13. The van der Waals surface area contributed by atoms with E-state index >= 15 is 0 Å². The van der Waals surface area contributed by atoms with Crippen molar-refractivity contribution in [2.45, 2.75) is 0 Å². The first-order valence-electron chi connectivity index (χ1n) is 27.0. The molecule has 0 fully saturated rings. The van der Waals surface area contributed by atoms with E-state index in [1.165, 1.54) is 43.8 Å². The van der Waals surface area contributed by atoms with Gasteiger partial charge in [0, 0.05) is 27.5 Å². The van der Waals surface area contributed by atoms with Gasteiger partial charge >= 0.3 is 0 Å². The SMILES string of the molecule is [C-]#[N+]c1ccc2c(c1)c1cc(-c3ccc(-c4ccc5c(-c6ccccc6)c6cc(-c7ccc(-c8ccc9c(c8)c8cc(C#N)ccc8n9-c8ccccc8)cc7)ccc6c(-c6ccccc6)c5c4)cc3)ccc1n2-c1ccccc1. The zero-order chi connectivity index (χ0) is 53.3. The molecule has 0 amide bonds. The van der Waals surface area contributed by atoms with Crippen molar-refractivity contribution in [1.82, 2.24) is 9.13 Å². The normalized spacial score (nSPS) is 11.5. The van der Waals surface area contributed by atoms with Gasteiger partial charge in [0.25, 0.3) is 0 Å². The minimum absolute atomic E-state index is 0.634. The highest BCUT2D eigenvalue weighted by Gasteiger charge is 2.20. The van der Waals surface area contributed by atoms with E-state index in [-0.39, 0.29) is 0 Å². The molecule has 370 valence electrons. The molecule has 0 radical (unpaired) electrons. The molecule has 2 aromatic heterocycles. The quantitative estimate of drug-likeness (QED) is 0.110. The van der Waals surface area contributed by atoms with E-state index in [4.69, 9.17) is 6.57 Å². The van der Waals surface area contributed by atoms with Gasteiger partial charge in [-0.3, -0.25) is 0 Å². The molecule has 0 atom stereocenters. The molecule has 0 saturated heterocycles. The van der Waals surface area contributed by atoms with Crippen LogP contribution in [0.4, 0.5) is 5.69 Å². The van der Waals surface area contributed by atoms with Crippen LogP contribution in [0.15, 0.2) is 279 Å². The van der Waals surface area contributed by atoms with Gasteiger partial charge in [-0.1, -0.05) is 188 Å². The van der Waals surface area contributed by atoms with Crippen LogP contribution in [-0.4, -0.2) is 9.13 Å². The molecule has 0 unspecified atom stereocenters. The lowest BCUT2D eigenvalue weighted by Gasteiger charge is -2.20. The van der Waals surface area contributed by atoms with Crippen molar-refractivity contribution < 1.29 is 0 Å². The number of nitrogens with zero attached hydrogens (tertiary/aromatic N) is 4. The van der Waals surface area contributed by atoms with E-state index in [1.807, 2.05) is 36.4 Å². The highest BCUT2D eigenvalue weighted by atomic mass is 15.0. The summed E-state index contributed by atoms with van der Waals surface area (Å²) < 4.78 is 4.58. The van der Waals surface area contributed by atoms with Crippen molar-refractivity contribution in [3.8, 4) is 84.2 Å². The van der Waals surface area contributed by atoms with Crippen LogP contribution in [0.3, 0.4) is 0 Å². The number of nitriles is 1. The molecular weight excluding hydrogens is 969 g/mol. The fraction of sp³-hybridized carbons (Fsp3) is 0. The molecule has 80 heavy (non-hydrogen) atoms. The summed E-state index contributed by atoms with van der Waals surface area (Å²) in [5, 5.41) is 19.1.